The number of hydrogen-bond donors (Lipinski definition) is 1. The third-order valence-electron chi connectivity index (χ3n) is 3.84. The van der Waals surface area contributed by atoms with E-state index in [-0.39, 0.29) is 6.03 Å². The number of urea groups is 1. The van der Waals surface area contributed by atoms with Crippen molar-refractivity contribution >= 4 is 11.7 Å². The molecule has 5 heteroatoms. The highest BCUT2D eigenvalue weighted by atomic mass is 16.2. The van der Waals surface area contributed by atoms with Gasteiger partial charge in [-0.15, -0.1) is 0 Å². The van der Waals surface area contributed by atoms with Crippen LogP contribution in [-0.2, 0) is 13.0 Å². The van der Waals surface area contributed by atoms with Crippen LogP contribution < -0.4 is 5.32 Å². The minimum Gasteiger partial charge on any atom is -0.319 e. The minimum atomic E-state index is -0.0818. The van der Waals surface area contributed by atoms with Crippen LogP contribution in [0.25, 0.3) is 0 Å². The lowest BCUT2D eigenvalue weighted by Crippen LogP contribution is -2.39. The number of rotatable bonds is 7. The highest BCUT2D eigenvalue weighted by molar-refractivity contribution is 5.90. The zero-order chi connectivity index (χ0) is 17.4. The molecule has 0 radical (unpaired) electrons. The largest absolute Gasteiger partial charge is 0.322 e. The van der Waals surface area contributed by atoms with Gasteiger partial charge in [0.05, 0.1) is 0 Å². The molecule has 0 bridgehead atoms. The quantitative estimate of drug-likeness (QED) is 0.850. The third kappa shape index (κ3) is 5.35. The number of nitrogens with one attached hydrogen (secondary N) is 1. The molecule has 24 heavy (non-hydrogen) atoms. The van der Waals surface area contributed by atoms with Crippen LogP contribution in [0.15, 0.2) is 48.8 Å². The number of pyridine rings is 1. The molecule has 0 fully saturated rings. The number of benzene rings is 1. The van der Waals surface area contributed by atoms with Gasteiger partial charge in [-0.1, -0.05) is 31.2 Å². The molecule has 0 aliphatic heterocycles. The Balaban J connectivity index is 2.11. The topological polar surface area (TPSA) is 48.5 Å². The Morgan fingerprint density at radius 3 is 2.58 bits per heavy atom. The van der Waals surface area contributed by atoms with E-state index in [1.807, 2.05) is 55.4 Å². The lowest BCUT2D eigenvalue weighted by atomic mass is 10.1. The highest BCUT2D eigenvalue weighted by Gasteiger charge is 2.15. The molecule has 128 valence electrons. The number of carbonyl (C=O) groups is 1. The summed E-state index contributed by atoms with van der Waals surface area (Å²) in [6.45, 7) is 4.09. The SMILES string of the molecule is CCc1ccccc1NC(=O)N(CCN(C)C)Cc1cccnc1. The van der Waals surface area contributed by atoms with Gasteiger partial charge >= 0.3 is 6.03 Å². The molecule has 2 aromatic rings. The van der Waals surface area contributed by atoms with Crippen LogP contribution in [0.2, 0.25) is 0 Å². The smallest absolute Gasteiger partial charge is 0.319 e. The molecule has 1 N–H and O–H groups in total. The first-order valence-electron chi connectivity index (χ1n) is 8.27. The molecular formula is C19H26N4O. The number of aryl methyl sites for hydroxylation is 1. The van der Waals surface area contributed by atoms with Gasteiger partial charge in [0.1, 0.15) is 0 Å². The zero-order valence-corrected chi connectivity index (χ0v) is 14.7. The number of para-hydroxylation sites is 1. The maximum atomic E-state index is 12.8. The van der Waals surface area contributed by atoms with Gasteiger partial charge in [-0.05, 0) is 43.8 Å². The van der Waals surface area contributed by atoms with Crippen LogP contribution in [-0.4, -0.2) is 48.0 Å². The van der Waals surface area contributed by atoms with Gasteiger partial charge in [0, 0.05) is 37.7 Å². The molecule has 1 aromatic heterocycles. The van der Waals surface area contributed by atoms with E-state index >= 15 is 0 Å². The normalized spacial score (nSPS) is 10.7. The fourth-order valence-corrected chi connectivity index (χ4v) is 2.43. The molecular weight excluding hydrogens is 300 g/mol. The second-order valence-corrected chi connectivity index (χ2v) is 6.03. The predicted octanol–water partition coefficient (Wildman–Crippen LogP) is 3.24. The van der Waals surface area contributed by atoms with E-state index < -0.39 is 0 Å². The summed E-state index contributed by atoms with van der Waals surface area (Å²) in [5.74, 6) is 0. The Morgan fingerprint density at radius 1 is 1.12 bits per heavy atom. The van der Waals surface area contributed by atoms with Crippen molar-refractivity contribution in [3.05, 3.63) is 59.9 Å². The van der Waals surface area contributed by atoms with Crippen molar-refractivity contribution in [2.24, 2.45) is 0 Å². The third-order valence-corrected chi connectivity index (χ3v) is 3.84. The number of nitrogens with zero attached hydrogens (tertiary/aromatic N) is 3. The molecule has 0 aliphatic rings. The summed E-state index contributed by atoms with van der Waals surface area (Å²) < 4.78 is 0. The van der Waals surface area contributed by atoms with Gasteiger partial charge < -0.3 is 15.1 Å². The molecule has 2 amide bonds. The number of carbonyl (C=O) groups excluding carboxylic acids is 1. The summed E-state index contributed by atoms with van der Waals surface area (Å²) in [5, 5.41) is 3.05. The van der Waals surface area contributed by atoms with Crippen molar-refractivity contribution in [3.8, 4) is 0 Å². The minimum absolute atomic E-state index is 0.0818. The van der Waals surface area contributed by atoms with E-state index in [2.05, 4.69) is 22.1 Å². The first-order chi connectivity index (χ1) is 11.6. The summed E-state index contributed by atoms with van der Waals surface area (Å²) in [6, 6.07) is 11.7. The van der Waals surface area contributed by atoms with Gasteiger partial charge in [0.25, 0.3) is 0 Å². The summed E-state index contributed by atoms with van der Waals surface area (Å²) in [4.78, 5) is 20.8. The van der Waals surface area contributed by atoms with Gasteiger partial charge in [-0.25, -0.2) is 4.79 Å². The van der Waals surface area contributed by atoms with Crippen molar-refractivity contribution in [2.75, 3.05) is 32.5 Å². The number of hydrogen-bond acceptors (Lipinski definition) is 3. The average Bonchev–Trinajstić information content (AvgIpc) is 2.59. The van der Waals surface area contributed by atoms with E-state index in [1.165, 1.54) is 0 Å². The summed E-state index contributed by atoms with van der Waals surface area (Å²) in [5.41, 5.74) is 3.04. The van der Waals surface area contributed by atoms with Crippen molar-refractivity contribution in [1.29, 1.82) is 0 Å². The summed E-state index contributed by atoms with van der Waals surface area (Å²) >= 11 is 0. The summed E-state index contributed by atoms with van der Waals surface area (Å²) in [6.07, 6.45) is 4.43. The van der Waals surface area contributed by atoms with Crippen LogP contribution in [0.5, 0.6) is 0 Å². The fourth-order valence-electron chi connectivity index (χ4n) is 2.43. The highest BCUT2D eigenvalue weighted by Crippen LogP contribution is 2.16. The standard InChI is InChI=1S/C19H26N4O/c1-4-17-9-5-6-10-18(17)21-19(24)23(13-12-22(2)3)15-16-8-7-11-20-14-16/h5-11,14H,4,12-13,15H2,1-3H3,(H,21,24). The van der Waals surface area contributed by atoms with Crippen LogP contribution in [0.4, 0.5) is 10.5 Å². The van der Waals surface area contributed by atoms with Crippen LogP contribution in [0.1, 0.15) is 18.1 Å². The molecule has 1 aromatic carbocycles. The second kappa shape index (κ2) is 9.03. The van der Waals surface area contributed by atoms with Crippen molar-refractivity contribution < 1.29 is 4.79 Å². The molecule has 1 heterocycles. The molecule has 0 atom stereocenters. The van der Waals surface area contributed by atoms with Gasteiger partial charge in [0.2, 0.25) is 0 Å². The van der Waals surface area contributed by atoms with Crippen LogP contribution in [0.3, 0.4) is 0 Å². The molecule has 0 aliphatic carbocycles. The molecule has 0 saturated carbocycles. The summed E-state index contributed by atoms with van der Waals surface area (Å²) in [7, 11) is 4.01. The Bertz CT molecular complexity index is 643. The number of amides is 2. The Labute approximate surface area is 144 Å². The van der Waals surface area contributed by atoms with Gasteiger partial charge in [-0.3, -0.25) is 4.98 Å². The van der Waals surface area contributed by atoms with Crippen molar-refractivity contribution in [2.45, 2.75) is 19.9 Å². The Kier molecular flexibility index (Phi) is 6.75. The van der Waals surface area contributed by atoms with Gasteiger partial charge in [-0.2, -0.15) is 0 Å². The van der Waals surface area contributed by atoms with Crippen molar-refractivity contribution in [1.82, 2.24) is 14.8 Å². The first kappa shape index (κ1) is 17.9. The predicted molar refractivity (Wildman–Crippen MR) is 98.0 cm³/mol. The number of anilines is 1. The van der Waals surface area contributed by atoms with E-state index in [0.717, 1.165) is 29.8 Å². The molecule has 2 rings (SSSR count). The van der Waals surface area contributed by atoms with E-state index in [9.17, 15) is 4.79 Å². The maximum absolute atomic E-state index is 12.8. The maximum Gasteiger partial charge on any atom is 0.322 e. The molecule has 5 nitrogen and oxygen atoms in total. The average molecular weight is 326 g/mol. The van der Waals surface area contributed by atoms with Gasteiger partial charge in [0.15, 0.2) is 0 Å². The van der Waals surface area contributed by atoms with E-state index in [4.69, 9.17) is 0 Å². The van der Waals surface area contributed by atoms with Crippen LogP contribution >= 0.6 is 0 Å². The first-order valence-corrected chi connectivity index (χ1v) is 8.27. The molecule has 0 spiro atoms. The zero-order valence-electron chi connectivity index (χ0n) is 14.7. The Hall–Kier alpha value is -2.40. The fraction of sp³-hybridized carbons (Fsp3) is 0.368. The monoisotopic (exact) mass is 326 g/mol. The van der Waals surface area contributed by atoms with Crippen LogP contribution in [0, 0.1) is 0 Å². The Morgan fingerprint density at radius 2 is 1.92 bits per heavy atom. The lowest BCUT2D eigenvalue weighted by molar-refractivity contribution is 0.202. The number of aromatic nitrogens is 1. The second-order valence-electron chi connectivity index (χ2n) is 6.03. The van der Waals surface area contributed by atoms with Crippen molar-refractivity contribution in [3.63, 3.8) is 0 Å². The van der Waals surface area contributed by atoms with E-state index in [0.29, 0.717) is 13.1 Å². The molecule has 0 saturated heterocycles. The number of likely N-dealkylation sites (N-methyl/N-ethyl adjacent to an activating group) is 1. The lowest BCUT2D eigenvalue weighted by Gasteiger charge is -2.25. The van der Waals surface area contributed by atoms with E-state index in [1.54, 1.807) is 12.4 Å². The molecule has 0 unspecified atom stereocenters.